The highest BCUT2D eigenvalue weighted by molar-refractivity contribution is 5.98. The number of amides is 1. The van der Waals surface area contributed by atoms with Gasteiger partial charge in [-0.25, -0.2) is 0 Å². The monoisotopic (exact) mass is 288 g/mol. The minimum Gasteiger partial charge on any atom is -0.497 e. The van der Waals surface area contributed by atoms with Gasteiger partial charge in [0.15, 0.2) is 0 Å². The van der Waals surface area contributed by atoms with Crippen molar-refractivity contribution in [3.8, 4) is 11.8 Å². The van der Waals surface area contributed by atoms with Crippen LogP contribution in [0, 0.1) is 11.3 Å². The molecule has 2 rings (SSSR count). The van der Waals surface area contributed by atoms with Crippen LogP contribution in [0.2, 0.25) is 0 Å². The number of rotatable bonds is 5. The molecule has 0 heterocycles. The molecule has 1 fully saturated rings. The maximum absolute atomic E-state index is 12.6. The molecule has 0 radical (unpaired) electrons. The van der Waals surface area contributed by atoms with E-state index < -0.39 is 5.60 Å². The van der Waals surface area contributed by atoms with E-state index >= 15 is 0 Å². The van der Waals surface area contributed by atoms with Crippen molar-refractivity contribution in [1.82, 2.24) is 0 Å². The fourth-order valence-electron chi connectivity index (χ4n) is 2.75. The van der Waals surface area contributed by atoms with Crippen LogP contribution in [0.1, 0.15) is 38.2 Å². The van der Waals surface area contributed by atoms with E-state index in [2.05, 4.69) is 11.4 Å². The lowest BCUT2D eigenvalue weighted by Gasteiger charge is -2.27. The number of nitrogens with one attached hydrogen (secondary N) is 1. The summed E-state index contributed by atoms with van der Waals surface area (Å²) in [4.78, 5) is 12.6. The zero-order valence-electron chi connectivity index (χ0n) is 12.4. The first-order valence-electron chi connectivity index (χ1n) is 7.19. The van der Waals surface area contributed by atoms with Gasteiger partial charge < -0.3 is 14.8 Å². The first kappa shape index (κ1) is 15.3. The van der Waals surface area contributed by atoms with Gasteiger partial charge in [0.05, 0.1) is 18.4 Å². The zero-order valence-corrected chi connectivity index (χ0v) is 12.4. The molecule has 0 aliphatic heterocycles. The lowest BCUT2D eigenvalue weighted by molar-refractivity contribution is -0.140. The molecule has 0 spiro atoms. The van der Waals surface area contributed by atoms with Gasteiger partial charge in [-0.3, -0.25) is 4.79 Å². The minimum absolute atomic E-state index is 0.163. The normalized spacial score (nSPS) is 16.2. The van der Waals surface area contributed by atoms with Crippen LogP contribution in [-0.4, -0.2) is 25.2 Å². The number of carbonyl (C=O) groups excluding carboxylic acids is 1. The van der Waals surface area contributed by atoms with Gasteiger partial charge in [-0.1, -0.05) is 0 Å². The summed E-state index contributed by atoms with van der Waals surface area (Å²) in [5, 5.41) is 12.0. The predicted octanol–water partition coefficient (Wildman–Crippen LogP) is 2.85. The molecular weight excluding hydrogens is 268 g/mol. The van der Waals surface area contributed by atoms with E-state index in [4.69, 9.17) is 9.47 Å². The van der Waals surface area contributed by atoms with Crippen molar-refractivity contribution in [3.05, 3.63) is 23.8 Å². The second kappa shape index (κ2) is 6.59. The number of carbonyl (C=O) groups is 1. The molecule has 1 aromatic rings. The number of nitriles is 1. The van der Waals surface area contributed by atoms with Crippen molar-refractivity contribution in [1.29, 1.82) is 5.26 Å². The van der Waals surface area contributed by atoms with E-state index in [-0.39, 0.29) is 5.91 Å². The summed E-state index contributed by atoms with van der Waals surface area (Å²) < 4.78 is 10.8. The lowest BCUT2D eigenvalue weighted by atomic mass is 10.0. The molecule has 112 valence electrons. The van der Waals surface area contributed by atoms with Gasteiger partial charge in [-0.05, 0) is 50.8 Å². The molecule has 0 atom stereocenters. The van der Waals surface area contributed by atoms with Gasteiger partial charge in [-0.2, -0.15) is 5.26 Å². The van der Waals surface area contributed by atoms with Crippen LogP contribution in [0.5, 0.6) is 5.75 Å². The quantitative estimate of drug-likeness (QED) is 0.904. The molecule has 1 saturated carbocycles. The number of hydrogen-bond donors (Lipinski definition) is 1. The summed E-state index contributed by atoms with van der Waals surface area (Å²) in [7, 11) is 1.54. The molecular formula is C16H20N2O3. The van der Waals surface area contributed by atoms with Gasteiger partial charge in [-0.15, -0.1) is 0 Å². The minimum atomic E-state index is -0.749. The molecule has 1 amide bonds. The van der Waals surface area contributed by atoms with Gasteiger partial charge in [0.2, 0.25) is 0 Å². The Bertz CT molecular complexity index is 557. The Morgan fingerprint density at radius 2 is 2.14 bits per heavy atom. The SMILES string of the molecule is CCOC1(C(=O)Nc2ccc(OC)cc2C#N)CCCC1. The molecule has 5 nitrogen and oxygen atoms in total. The van der Waals surface area contributed by atoms with Crippen LogP contribution in [0.25, 0.3) is 0 Å². The van der Waals surface area contributed by atoms with Gasteiger partial charge >= 0.3 is 0 Å². The van der Waals surface area contributed by atoms with E-state index in [1.54, 1.807) is 18.2 Å². The van der Waals surface area contributed by atoms with Crippen LogP contribution in [0.3, 0.4) is 0 Å². The van der Waals surface area contributed by atoms with Crippen molar-refractivity contribution in [2.75, 3.05) is 19.0 Å². The third-order valence-electron chi connectivity index (χ3n) is 3.84. The smallest absolute Gasteiger partial charge is 0.256 e. The number of hydrogen-bond acceptors (Lipinski definition) is 4. The Hall–Kier alpha value is -2.06. The van der Waals surface area contributed by atoms with E-state index in [0.717, 1.165) is 25.7 Å². The van der Waals surface area contributed by atoms with Crippen LogP contribution < -0.4 is 10.1 Å². The molecule has 1 aliphatic rings. The molecule has 1 aromatic carbocycles. The molecule has 0 aromatic heterocycles. The highest BCUT2D eigenvalue weighted by atomic mass is 16.5. The number of benzene rings is 1. The Kier molecular flexibility index (Phi) is 4.81. The van der Waals surface area contributed by atoms with Crippen LogP contribution in [0.4, 0.5) is 5.69 Å². The average Bonchev–Trinajstić information content (AvgIpc) is 2.98. The molecule has 0 saturated heterocycles. The Balaban J connectivity index is 2.21. The van der Waals surface area contributed by atoms with Crippen LogP contribution in [0.15, 0.2) is 18.2 Å². The first-order valence-corrected chi connectivity index (χ1v) is 7.19. The van der Waals surface area contributed by atoms with E-state index in [9.17, 15) is 10.1 Å². The lowest BCUT2D eigenvalue weighted by Crippen LogP contribution is -2.43. The molecule has 1 aliphatic carbocycles. The Morgan fingerprint density at radius 1 is 1.43 bits per heavy atom. The van der Waals surface area contributed by atoms with E-state index in [0.29, 0.717) is 23.6 Å². The third-order valence-corrected chi connectivity index (χ3v) is 3.84. The second-order valence-electron chi connectivity index (χ2n) is 5.11. The second-order valence-corrected chi connectivity index (χ2v) is 5.11. The number of ether oxygens (including phenoxy) is 2. The van der Waals surface area contributed by atoms with E-state index in [1.165, 1.54) is 7.11 Å². The summed E-state index contributed by atoms with van der Waals surface area (Å²) in [6.07, 6.45) is 3.43. The van der Waals surface area contributed by atoms with Crippen molar-refractivity contribution < 1.29 is 14.3 Å². The van der Waals surface area contributed by atoms with E-state index in [1.807, 2.05) is 6.92 Å². The van der Waals surface area contributed by atoms with Gasteiger partial charge in [0.25, 0.3) is 5.91 Å². The van der Waals surface area contributed by atoms with Crippen molar-refractivity contribution in [2.24, 2.45) is 0 Å². The number of anilines is 1. The summed E-state index contributed by atoms with van der Waals surface area (Å²) in [5.74, 6) is 0.424. The topological polar surface area (TPSA) is 71.3 Å². The molecule has 5 heteroatoms. The fourth-order valence-corrected chi connectivity index (χ4v) is 2.75. The maximum atomic E-state index is 12.6. The van der Waals surface area contributed by atoms with Crippen LogP contribution >= 0.6 is 0 Å². The Labute approximate surface area is 124 Å². The highest BCUT2D eigenvalue weighted by Gasteiger charge is 2.42. The zero-order chi connectivity index (χ0) is 15.3. The standard InChI is InChI=1S/C16H20N2O3/c1-3-21-16(8-4-5-9-16)15(19)18-14-7-6-13(20-2)10-12(14)11-17/h6-7,10H,3-5,8-9H2,1-2H3,(H,18,19). The summed E-state index contributed by atoms with van der Waals surface area (Å²) in [5.41, 5.74) is 0.128. The summed E-state index contributed by atoms with van der Waals surface area (Å²) in [6.45, 7) is 2.39. The predicted molar refractivity (Wildman–Crippen MR) is 79.2 cm³/mol. The van der Waals surface area contributed by atoms with Crippen LogP contribution in [-0.2, 0) is 9.53 Å². The number of nitrogens with zero attached hydrogens (tertiary/aromatic N) is 1. The molecule has 1 N–H and O–H groups in total. The maximum Gasteiger partial charge on any atom is 0.256 e. The van der Waals surface area contributed by atoms with Gasteiger partial charge in [0.1, 0.15) is 17.4 Å². The van der Waals surface area contributed by atoms with Crippen molar-refractivity contribution >= 4 is 11.6 Å². The first-order chi connectivity index (χ1) is 10.1. The largest absolute Gasteiger partial charge is 0.497 e. The fraction of sp³-hybridized carbons (Fsp3) is 0.500. The molecule has 0 bridgehead atoms. The van der Waals surface area contributed by atoms with Crippen molar-refractivity contribution in [3.63, 3.8) is 0 Å². The summed E-state index contributed by atoms with van der Waals surface area (Å²) in [6, 6.07) is 7.09. The average molecular weight is 288 g/mol. The summed E-state index contributed by atoms with van der Waals surface area (Å²) >= 11 is 0. The molecule has 21 heavy (non-hydrogen) atoms. The number of methoxy groups -OCH3 is 1. The van der Waals surface area contributed by atoms with Crippen molar-refractivity contribution in [2.45, 2.75) is 38.2 Å². The Morgan fingerprint density at radius 3 is 2.71 bits per heavy atom. The highest BCUT2D eigenvalue weighted by Crippen LogP contribution is 2.35. The third kappa shape index (κ3) is 3.17. The molecule has 0 unspecified atom stereocenters. The van der Waals surface area contributed by atoms with Gasteiger partial charge in [0, 0.05) is 6.61 Å².